The quantitative estimate of drug-likeness (QED) is 0.832. The maximum atomic E-state index is 12.3. The zero-order valence-electron chi connectivity index (χ0n) is 10.1. The van der Waals surface area contributed by atoms with Gasteiger partial charge in [-0.05, 0) is 24.8 Å². The molecule has 1 unspecified atom stereocenters. The predicted octanol–water partition coefficient (Wildman–Crippen LogP) is 3.01. The molecule has 92 valence electrons. The zero-order chi connectivity index (χ0) is 12.3. The number of hydrogen-bond acceptors (Lipinski definition) is 1. The van der Waals surface area contributed by atoms with Crippen LogP contribution in [0.3, 0.4) is 0 Å². The van der Waals surface area contributed by atoms with E-state index in [9.17, 15) is 4.79 Å². The van der Waals surface area contributed by atoms with Crippen molar-refractivity contribution in [3.8, 4) is 0 Å². The van der Waals surface area contributed by atoms with Gasteiger partial charge in [-0.3, -0.25) is 4.79 Å². The summed E-state index contributed by atoms with van der Waals surface area (Å²) in [4.78, 5) is 12.3. The molecule has 1 amide bonds. The van der Waals surface area contributed by atoms with Gasteiger partial charge in [0.15, 0.2) is 0 Å². The van der Waals surface area contributed by atoms with E-state index in [0.717, 1.165) is 30.2 Å². The maximum absolute atomic E-state index is 12.3. The van der Waals surface area contributed by atoms with Crippen molar-refractivity contribution in [1.82, 2.24) is 5.32 Å². The average Bonchev–Trinajstić information content (AvgIpc) is 3.18. The Balaban J connectivity index is 2.09. The molecule has 1 aliphatic rings. The number of carbonyl (C=O) groups excluding carboxylic acids is 1. The molecular formula is C14H18BrNO. The van der Waals surface area contributed by atoms with Crippen LogP contribution in [-0.4, -0.2) is 17.3 Å². The molecule has 1 aliphatic carbocycles. The molecule has 17 heavy (non-hydrogen) atoms. The summed E-state index contributed by atoms with van der Waals surface area (Å²) in [5.74, 6) is 0.190. The van der Waals surface area contributed by atoms with E-state index in [2.05, 4.69) is 40.3 Å². The van der Waals surface area contributed by atoms with Crippen molar-refractivity contribution in [2.75, 3.05) is 5.33 Å². The fourth-order valence-electron chi connectivity index (χ4n) is 2.10. The topological polar surface area (TPSA) is 29.1 Å². The third-order valence-electron chi connectivity index (χ3n) is 3.53. The highest BCUT2D eigenvalue weighted by Gasteiger charge is 2.51. The van der Waals surface area contributed by atoms with Gasteiger partial charge in [0, 0.05) is 11.4 Å². The van der Waals surface area contributed by atoms with E-state index < -0.39 is 0 Å². The van der Waals surface area contributed by atoms with Gasteiger partial charge >= 0.3 is 0 Å². The van der Waals surface area contributed by atoms with E-state index in [1.807, 2.05) is 18.2 Å². The van der Waals surface area contributed by atoms with Gasteiger partial charge in [0.05, 0.1) is 5.41 Å². The molecule has 0 aromatic heterocycles. The first-order chi connectivity index (χ1) is 8.23. The van der Waals surface area contributed by atoms with Crippen LogP contribution in [0.4, 0.5) is 0 Å². The standard InChI is InChI=1S/C14H18BrNO/c1-2-12(10-15)16-13(17)14(8-9-14)11-6-4-3-5-7-11/h3-7,12H,2,8-10H2,1H3,(H,16,17). The molecule has 1 fully saturated rings. The molecule has 0 heterocycles. The summed E-state index contributed by atoms with van der Waals surface area (Å²) in [5, 5.41) is 3.95. The van der Waals surface area contributed by atoms with Gasteiger partial charge in [0.25, 0.3) is 0 Å². The van der Waals surface area contributed by atoms with Crippen LogP contribution in [0.25, 0.3) is 0 Å². The van der Waals surface area contributed by atoms with E-state index in [-0.39, 0.29) is 17.4 Å². The number of carbonyl (C=O) groups is 1. The van der Waals surface area contributed by atoms with Gasteiger partial charge in [-0.1, -0.05) is 53.2 Å². The number of alkyl halides is 1. The molecule has 0 spiro atoms. The fourth-order valence-corrected chi connectivity index (χ4v) is 2.72. The third kappa shape index (κ3) is 2.54. The van der Waals surface area contributed by atoms with Crippen LogP contribution in [0, 0.1) is 0 Å². The Bertz CT molecular complexity index is 382. The van der Waals surface area contributed by atoms with Crippen molar-refractivity contribution < 1.29 is 4.79 Å². The van der Waals surface area contributed by atoms with Crippen molar-refractivity contribution >= 4 is 21.8 Å². The van der Waals surface area contributed by atoms with Crippen molar-refractivity contribution in [3.05, 3.63) is 35.9 Å². The van der Waals surface area contributed by atoms with Crippen LogP contribution in [0.5, 0.6) is 0 Å². The lowest BCUT2D eigenvalue weighted by atomic mass is 9.94. The SMILES string of the molecule is CCC(CBr)NC(=O)C1(c2ccccc2)CC1. The summed E-state index contributed by atoms with van der Waals surface area (Å²) in [7, 11) is 0. The summed E-state index contributed by atoms with van der Waals surface area (Å²) in [6, 6.07) is 10.4. The molecule has 0 aliphatic heterocycles. The number of nitrogens with one attached hydrogen (secondary N) is 1. The summed E-state index contributed by atoms with van der Waals surface area (Å²) < 4.78 is 0. The van der Waals surface area contributed by atoms with Gasteiger partial charge in [0.1, 0.15) is 0 Å². The summed E-state index contributed by atoms with van der Waals surface area (Å²) in [6.07, 6.45) is 2.91. The Morgan fingerprint density at radius 1 is 1.41 bits per heavy atom. The molecule has 1 N–H and O–H groups in total. The number of benzene rings is 1. The average molecular weight is 296 g/mol. The summed E-state index contributed by atoms with van der Waals surface area (Å²) in [6.45, 7) is 2.09. The van der Waals surface area contributed by atoms with Gasteiger partial charge in [-0.2, -0.15) is 0 Å². The van der Waals surface area contributed by atoms with Gasteiger partial charge < -0.3 is 5.32 Å². The largest absolute Gasteiger partial charge is 0.352 e. The molecule has 1 saturated carbocycles. The molecule has 1 atom stereocenters. The highest BCUT2D eigenvalue weighted by molar-refractivity contribution is 9.09. The summed E-state index contributed by atoms with van der Waals surface area (Å²) in [5.41, 5.74) is 0.915. The normalized spacial score (nSPS) is 18.5. The molecule has 1 aromatic carbocycles. The smallest absolute Gasteiger partial charge is 0.230 e. The lowest BCUT2D eigenvalue weighted by Gasteiger charge is -2.20. The molecule has 2 nitrogen and oxygen atoms in total. The van der Waals surface area contributed by atoms with Crippen molar-refractivity contribution in [2.24, 2.45) is 0 Å². The highest BCUT2D eigenvalue weighted by Crippen LogP contribution is 2.48. The Morgan fingerprint density at radius 3 is 2.53 bits per heavy atom. The van der Waals surface area contributed by atoms with E-state index in [4.69, 9.17) is 0 Å². The van der Waals surface area contributed by atoms with E-state index >= 15 is 0 Å². The minimum Gasteiger partial charge on any atom is -0.352 e. The maximum Gasteiger partial charge on any atom is 0.230 e. The molecule has 2 rings (SSSR count). The lowest BCUT2D eigenvalue weighted by molar-refractivity contribution is -0.124. The minimum atomic E-state index is -0.239. The number of amides is 1. The number of rotatable bonds is 5. The minimum absolute atomic E-state index is 0.190. The fraction of sp³-hybridized carbons (Fsp3) is 0.500. The first-order valence-electron chi connectivity index (χ1n) is 6.15. The molecule has 0 saturated heterocycles. The monoisotopic (exact) mass is 295 g/mol. The van der Waals surface area contributed by atoms with Gasteiger partial charge in [-0.15, -0.1) is 0 Å². The molecule has 0 bridgehead atoms. The van der Waals surface area contributed by atoms with Crippen LogP contribution < -0.4 is 5.32 Å². The van der Waals surface area contributed by atoms with Crippen molar-refractivity contribution in [2.45, 2.75) is 37.6 Å². The summed E-state index contributed by atoms with van der Waals surface area (Å²) >= 11 is 3.43. The van der Waals surface area contributed by atoms with Crippen molar-refractivity contribution in [1.29, 1.82) is 0 Å². The van der Waals surface area contributed by atoms with E-state index in [0.29, 0.717) is 0 Å². The number of halogens is 1. The van der Waals surface area contributed by atoms with Gasteiger partial charge in [0.2, 0.25) is 5.91 Å². The second-order valence-electron chi connectivity index (χ2n) is 4.68. The molecular weight excluding hydrogens is 278 g/mol. The van der Waals surface area contributed by atoms with Crippen LogP contribution in [0.2, 0.25) is 0 Å². The van der Waals surface area contributed by atoms with Crippen LogP contribution in [0.1, 0.15) is 31.7 Å². The molecule has 0 radical (unpaired) electrons. The van der Waals surface area contributed by atoms with Crippen molar-refractivity contribution in [3.63, 3.8) is 0 Å². The first kappa shape index (κ1) is 12.6. The lowest BCUT2D eigenvalue weighted by Crippen LogP contribution is -2.42. The van der Waals surface area contributed by atoms with Gasteiger partial charge in [-0.25, -0.2) is 0 Å². The first-order valence-corrected chi connectivity index (χ1v) is 7.27. The Labute approximate surface area is 111 Å². The Hall–Kier alpha value is -0.830. The Morgan fingerprint density at radius 2 is 2.06 bits per heavy atom. The van der Waals surface area contributed by atoms with Crippen LogP contribution in [0.15, 0.2) is 30.3 Å². The van der Waals surface area contributed by atoms with Crippen LogP contribution >= 0.6 is 15.9 Å². The zero-order valence-corrected chi connectivity index (χ0v) is 11.7. The van der Waals surface area contributed by atoms with E-state index in [1.54, 1.807) is 0 Å². The second kappa shape index (κ2) is 5.21. The molecule has 1 aromatic rings. The predicted molar refractivity (Wildman–Crippen MR) is 73.4 cm³/mol. The second-order valence-corrected chi connectivity index (χ2v) is 5.33. The highest BCUT2D eigenvalue weighted by atomic mass is 79.9. The van der Waals surface area contributed by atoms with Crippen LogP contribution in [-0.2, 0) is 10.2 Å². The van der Waals surface area contributed by atoms with E-state index in [1.165, 1.54) is 0 Å². The third-order valence-corrected chi connectivity index (χ3v) is 4.31. The Kier molecular flexibility index (Phi) is 3.87. The number of hydrogen-bond donors (Lipinski definition) is 1. The molecule has 3 heteroatoms.